The van der Waals surface area contributed by atoms with Crippen LogP contribution in [0.4, 0.5) is 4.39 Å². The van der Waals surface area contributed by atoms with Gasteiger partial charge in [0, 0.05) is 4.47 Å². The number of hydrogen-bond acceptors (Lipinski definition) is 5. The summed E-state index contributed by atoms with van der Waals surface area (Å²) in [5.74, 6) is -0.300. The van der Waals surface area contributed by atoms with Crippen molar-refractivity contribution in [3.05, 3.63) is 34.3 Å². The number of hydrogen-bond donors (Lipinski definition) is 2. The van der Waals surface area contributed by atoms with Crippen molar-refractivity contribution in [2.24, 2.45) is 5.73 Å². The summed E-state index contributed by atoms with van der Waals surface area (Å²) < 4.78 is 19.1. The van der Waals surface area contributed by atoms with Gasteiger partial charge in [-0.1, -0.05) is 21.1 Å². The van der Waals surface area contributed by atoms with Gasteiger partial charge < -0.3 is 15.4 Å². The molecular formula is C10H9BrFN3O2. The summed E-state index contributed by atoms with van der Waals surface area (Å²) >= 11 is 3.15. The zero-order chi connectivity index (χ0) is 12.4. The van der Waals surface area contributed by atoms with E-state index in [2.05, 4.69) is 26.1 Å². The summed E-state index contributed by atoms with van der Waals surface area (Å²) in [6.45, 7) is -0.304. The first-order valence-electron chi connectivity index (χ1n) is 4.77. The Morgan fingerprint density at radius 3 is 2.94 bits per heavy atom. The van der Waals surface area contributed by atoms with E-state index >= 15 is 0 Å². The molecule has 3 N–H and O–H groups in total. The molecule has 0 saturated heterocycles. The molecule has 0 saturated carbocycles. The molecule has 1 heterocycles. The molecule has 2 aromatic rings. The Morgan fingerprint density at radius 2 is 2.29 bits per heavy atom. The number of nitrogens with two attached hydrogens (primary N) is 1. The Bertz CT molecular complexity index is 532. The minimum Gasteiger partial charge on any atom is -0.394 e. The quantitative estimate of drug-likeness (QED) is 0.900. The molecule has 1 aromatic carbocycles. The van der Waals surface area contributed by atoms with E-state index in [0.717, 1.165) is 0 Å². The summed E-state index contributed by atoms with van der Waals surface area (Å²) in [5, 5.41) is 12.4. The minimum atomic E-state index is -0.731. The summed E-state index contributed by atoms with van der Waals surface area (Å²) in [4.78, 5) is 3.92. The second-order valence-corrected chi connectivity index (χ2v) is 4.29. The van der Waals surface area contributed by atoms with Crippen LogP contribution in [-0.2, 0) is 0 Å². The molecule has 0 amide bonds. The van der Waals surface area contributed by atoms with E-state index in [1.807, 2.05) is 0 Å². The van der Waals surface area contributed by atoms with Crippen LogP contribution in [0, 0.1) is 5.82 Å². The van der Waals surface area contributed by atoms with E-state index in [0.29, 0.717) is 4.47 Å². The van der Waals surface area contributed by atoms with E-state index in [-0.39, 0.29) is 23.9 Å². The number of aliphatic hydroxyl groups excluding tert-OH is 1. The number of aliphatic hydroxyl groups is 1. The number of aromatic nitrogens is 2. The van der Waals surface area contributed by atoms with Crippen molar-refractivity contribution < 1.29 is 14.0 Å². The van der Waals surface area contributed by atoms with E-state index < -0.39 is 11.9 Å². The molecule has 0 bridgehead atoms. The van der Waals surface area contributed by atoms with Gasteiger partial charge in [-0.05, 0) is 18.2 Å². The second kappa shape index (κ2) is 4.91. The van der Waals surface area contributed by atoms with Crippen LogP contribution in [0.2, 0.25) is 0 Å². The third kappa shape index (κ3) is 2.51. The van der Waals surface area contributed by atoms with Gasteiger partial charge >= 0.3 is 0 Å². The molecule has 5 nitrogen and oxygen atoms in total. The molecule has 90 valence electrons. The van der Waals surface area contributed by atoms with Crippen molar-refractivity contribution in [2.75, 3.05) is 6.61 Å². The summed E-state index contributed by atoms with van der Waals surface area (Å²) in [5.41, 5.74) is 5.70. The number of nitrogens with zero attached hydrogens (tertiary/aromatic N) is 2. The maximum absolute atomic E-state index is 13.6. The summed E-state index contributed by atoms with van der Waals surface area (Å²) in [6, 6.07) is 3.74. The molecule has 17 heavy (non-hydrogen) atoms. The first-order valence-corrected chi connectivity index (χ1v) is 5.56. The van der Waals surface area contributed by atoms with Crippen LogP contribution in [0.25, 0.3) is 11.5 Å². The highest BCUT2D eigenvalue weighted by atomic mass is 79.9. The van der Waals surface area contributed by atoms with Gasteiger partial charge in [0.2, 0.25) is 0 Å². The third-order valence-corrected chi connectivity index (χ3v) is 2.62. The molecule has 0 spiro atoms. The van der Waals surface area contributed by atoms with Gasteiger partial charge in [-0.25, -0.2) is 4.39 Å². The van der Waals surface area contributed by atoms with E-state index in [9.17, 15) is 4.39 Å². The van der Waals surface area contributed by atoms with Crippen LogP contribution >= 0.6 is 15.9 Å². The van der Waals surface area contributed by atoms with Crippen molar-refractivity contribution in [1.29, 1.82) is 0 Å². The fourth-order valence-electron chi connectivity index (χ4n) is 1.24. The Morgan fingerprint density at radius 1 is 1.53 bits per heavy atom. The molecule has 0 radical (unpaired) electrons. The molecule has 0 fully saturated rings. The van der Waals surface area contributed by atoms with Crippen molar-refractivity contribution in [1.82, 2.24) is 10.1 Å². The number of rotatable bonds is 3. The average molecular weight is 302 g/mol. The Hall–Kier alpha value is -1.31. The maximum atomic E-state index is 13.6. The highest BCUT2D eigenvalue weighted by Gasteiger charge is 2.16. The average Bonchev–Trinajstić information content (AvgIpc) is 2.77. The van der Waals surface area contributed by atoms with E-state index in [1.165, 1.54) is 12.1 Å². The summed E-state index contributed by atoms with van der Waals surface area (Å²) in [6.07, 6.45) is 0. The maximum Gasteiger partial charge on any atom is 0.260 e. The smallest absolute Gasteiger partial charge is 0.260 e. The van der Waals surface area contributed by atoms with E-state index in [1.54, 1.807) is 6.07 Å². The molecular weight excluding hydrogens is 293 g/mol. The lowest BCUT2D eigenvalue weighted by Gasteiger charge is -1.99. The minimum absolute atomic E-state index is 0.0360. The standard InChI is InChI=1S/C10H9BrFN3O2/c11-5-1-2-6(7(12)3-5)10-14-9(15-17-10)8(13)4-16/h1-3,8,16H,4,13H2. The first kappa shape index (κ1) is 12.2. The lowest BCUT2D eigenvalue weighted by atomic mass is 10.2. The van der Waals surface area contributed by atoms with Crippen LogP contribution in [0.15, 0.2) is 27.2 Å². The van der Waals surface area contributed by atoms with Gasteiger partial charge in [-0.2, -0.15) is 4.98 Å². The fraction of sp³-hybridized carbons (Fsp3) is 0.200. The monoisotopic (exact) mass is 301 g/mol. The fourth-order valence-corrected chi connectivity index (χ4v) is 1.57. The van der Waals surface area contributed by atoms with Gasteiger partial charge in [0.25, 0.3) is 5.89 Å². The Kier molecular flexibility index (Phi) is 3.51. The van der Waals surface area contributed by atoms with Gasteiger partial charge in [-0.3, -0.25) is 0 Å². The first-order chi connectivity index (χ1) is 8.11. The van der Waals surface area contributed by atoms with Crippen LogP contribution in [0.1, 0.15) is 11.9 Å². The topological polar surface area (TPSA) is 85.2 Å². The van der Waals surface area contributed by atoms with Crippen molar-refractivity contribution in [3.8, 4) is 11.5 Å². The van der Waals surface area contributed by atoms with Crippen LogP contribution in [0.3, 0.4) is 0 Å². The van der Waals surface area contributed by atoms with Gasteiger partial charge in [-0.15, -0.1) is 0 Å². The number of halogens is 2. The van der Waals surface area contributed by atoms with Gasteiger partial charge in [0.05, 0.1) is 18.2 Å². The van der Waals surface area contributed by atoms with Crippen LogP contribution in [0.5, 0.6) is 0 Å². The van der Waals surface area contributed by atoms with Crippen LogP contribution in [-0.4, -0.2) is 21.9 Å². The molecule has 1 aromatic heterocycles. The molecule has 7 heteroatoms. The molecule has 2 rings (SSSR count). The SMILES string of the molecule is NC(CO)c1noc(-c2ccc(Br)cc2F)n1. The van der Waals surface area contributed by atoms with Gasteiger partial charge in [0.1, 0.15) is 5.82 Å². The van der Waals surface area contributed by atoms with Crippen molar-refractivity contribution >= 4 is 15.9 Å². The largest absolute Gasteiger partial charge is 0.394 e. The molecule has 1 atom stereocenters. The lowest BCUT2D eigenvalue weighted by molar-refractivity contribution is 0.260. The Balaban J connectivity index is 2.37. The highest BCUT2D eigenvalue weighted by Crippen LogP contribution is 2.24. The normalized spacial score (nSPS) is 12.7. The summed E-state index contributed by atoms with van der Waals surface area (Å²) in [7, 11) is 0. The molecule has 0 aliphatic heterocycles. The van der Waals surface area contributed by atoms with Crippen LogP contribution < -0.4 is 5.73 Å². The zero-order valence-electron chi connectivity index (χ0n) is 8.60. The predicted molar refractivity (Wildman–Crippen MR) is 61.4 cm³/mol. The van der Waals surface area contributed by atoms with E-state index in [4.69, 9.17) is 15.4 Å². The predicted octanol–water partition coefficient (Wildman–Crippen LogP) is 1.63. The highest BCUT2D eigenvalue weighted by molar-refractivity contribution is 9.10. The molecule has 0 aliphatic carbocycles. The van der Waals surface area contributed by atoms with Crippen molar-refractivity contribution in [3.63, 3.8) is 0 Å². The zero-order valence-corrected chi connectivity index (χ0v) is 10.2. The molecule has 1 unspecified atom stereocenters. The number of benzene rings is 1. The van der Waals surface area contributed by atoms with Gasteiger partial charge in [0.15, 0.2) is 5.82 Å². The second-order valence-electron chi connectivity index (χ2n) is 3.37. The van der Waals surface area contributed by atoms with Crippen molar-refractivity contribution in [2.45, 2.75) is 6.04 Å². The lowest BCUT2D eigenvalue weighted by Crippen LogP contribution is -2.15. The Labute approximate surface area is 105 Å². The third-order valence-electron chi connectivity index (χ3n) is 2.13. The molecule has 0 aliphatic rings.